The number of nitrogens with one attached hydrogen (secondary N) is 1. The van der Waals surface area contributed by atoms with Gasteiger partial charge in [-0.1, -0.05) is 25.0 Å². The molecule has 1 N–H and O–H groups in total. The van der Waals surface area contributed by atoms with Crippen LogP contribution in [0.2, 0.25) is 0 Å². The van der Waals surface area contributed by atoms with Crippen molar-refractivity contribution in [2.24, 2.45) is 0 Å². The second-order valence-corrected chi connectivity index (χ2v) is 5.27. The van der Waals surface area contributed by atoms with Crippen molar-refractivity contribution in [2.45, 2.75) is 38.1 Å². The molecule has 1 unspecified atom stereocenters. The quantitative estimate of drug-likeness (QED) is 0.787. The maximum absolute atomic E-state index is 12.3. The van der Waals surface area contributed by atoms with E-state index in [0.717, 1.165) is 37.1 Å². The highest BCUT2D eigenvalue weighted by Crippen LogP contribution is 2.33. The van der Waals surface area contributed by atoms with E-state index < -0.39 is 0 Å². The van der Waals surface area contributed by atoms with Crippen molar-refractivity contribution in [3.63, 3.8) is 0 Å². The van der Waals surface area contributed by atoms with E-state index in [-0.39, 0.29) is 24.3 Å². The van der Waals surface area contributed by atoms with Gasteiger partial charge in [0.25, 0.3) is 0 Å². The van der Waals surface area contributed by atoms with Crippen LogP contribution in [0.4, 0.5) is 11.4 Å². The molecule has 100 valence electrons. The number of para-hydroxylation sites is 2. The summed E-state index contributed by atoms with van der Waals surface area (Å²) >= 11 is 0. The summed E-state index contributed by atoms with van der Waals surface area (Å²) in [5, 5.41) is 2.87. The van der Waals surface area contributed by atoms with E-state index in [9.17, 15) is 9.59 Å². The topological polar surface area (TPSA) is 49.4 Å². The average molecular weight is 258 g/mol. The highest BCUT2D eigenvalue weighted by Gasteiger charge is 2.32. The number of carbonyl (C=O) groups is 2. The molecule has 0 bridgehead atoms. The van der Waals surface area contributed by atoms with Gasteiger partial charge in [0.15, 0.2) is 5.78 Å². The minimum atomic E-state index is -0.130. The third kappa shape index (κ3) is 2.35. The summed E-state index contributed by atoms with van der Waals surface area (Å²) in [5.41, 5.74) is 1.79. The van der Waals surface area contributed by atoms with E-state index in [1.807, 2.05) is 29.2 Å². The number of fused-ring (bicyclic) bond motifs is 1. The summed E-state index contributed by atoms with van der Waals surface area (Å²) in [4.78, 5) is 26.1. The number of rotatable bonds is 1. The Morgan fingerprint density at radius 1 is 1.11 bits per heavy atom. The fraction of sp³-hybridized carbons (Fsp3) is 0.467. The lowest BCUT2D eigenvalue weighted by Gasteiger charge is -2.36. The third-order valence-electron chi connectivity index (χ3n) is 3.95. The number of hydrogen-bond donors (Lipinski definition) is 1. The van der Waals surface area contributed by atoms with Crippen LogP contribution in [0.25, 0.3) is 0 Å². The van der Waals surface area contributed by atoms with Crippen LogP contribution in [0.5, 0.6) is 0 Å². The summed E-state index contributed by atoms with van der Waals surface area (Å²) in [6.45, 7) is 0.285. The van der Waals surface area contributed by atoms with Crippen molar-refractivity contribution < 1.29 is 9.59 Å². The zero-order valence-electron chi connectivity index (χ0n) is 10.9. The van der Waals surface area contributed by atoms with Crippen LogP contribution in [-0.4, -0.2) is 24.3 Å². The van der Waals surface area contributed by atoms with Gasteiger partial charge in [0, 0.05) is 6.42 Å². The van der Waals surface area contributed by atoms with Crippen molar-refractivity contribution >= 4 is 23.1 Å². The van der Waals surface area contributed by atoms with Crippen LogP contribution >= 0.6 is 0 Å². The van der Waals surface area contributed by atoms with Crippen LogP contribution in [0, 0.1) is 0 Å². The van der Waals surface area contributed by atoms with E-state index in [4.69, 9.17) is 0 Å². The van der Waals surface area contributed by atoms with Gasteiger partial charge in [0.05, 0.1) is 24.0 Å². The summed E-state index contributed by atoms with van der Waals surface area (Å²) in [7, 11) is 0. The average Bonchev–Trinajstić information content (AvgIpc) is 2.62. The van der Waals surface area contributed by atoms with Gasteiger partial charge in [0.1, 0.15) is 0 Å². The van der Waals surface area contributed by atoms with Crippen molar-refractivity contribution in [1.82, 2.24) is 0 Å². The van der Waals surface area contributed by atoms with E-state index >= 15 is 0 Å². The lowest BCUT2D eigenvalue weighted by atomic mass is 10.0. The fourth-order valence-corrected chi connectivity index (χ4v) is 3.01. The molecule has 1 atom stereocenters. The van der Waals surface area contributed by atoms with Crippen LogP contribution in [0.15, 0.2) is 24.3 Å². The van der Waals surface area contributed by atoms with Gasteiger partial charge in [-0.2, -0.15) is 0 Å². The number of carbonyl (C=O) groups excluding carboxylic acids is 2. The molecule has 1 aromatic rings. The molecule has 0 radical (unpaired) electrons. The predicted molar refractivity (Wildman–Crippen MR) is 74.3 cm³/mol. The Bertz CT molecular complexity index is 513. The minimum absolute atomic E-state index is 0.0317. The number of ketones is 1. The molecule has 0 aromatic heterocycles. The minimum Gasteiger partial charge on any atom is -0.350 e. The first-order valence-corrected chi connectivity index (χ1v) is 6.94. The number of benzene rings is 1. The molecule has 19 heavy (non-hydrogen) atoms. The normalized spacial score (nSPS) is 23.6. The lowest BCUT2D eigenvalue weighted by Crippen LogP contribution is -2.47. The van der Waals surface area contributed by atoms with Gasteiger partial charge >= 0.3 is 0 Å². The molecular weight excluding hydrogens is 240 g/mol. The third-order valence-corrected chi connectivity index (χ3v) is 3.95. The van der Waals surface area contributed by atoms with E-state index in [0.29, 0.717) is 6.42 Å². The molecule has 1 aliphatic heterocycles. The van der Waals surface area contributed by atoms with Gasteiger partial charge in [-0.05, 0) is 25.0 Å². The van der Waals surface area contributed by atoms with E-state index in [2.05, 4.69) is 5.32 Å². The second-order valence-electron chi connectivity index (χ2n) is 5.27. The molecule has 1 aromatic carbocycles. The summed E-state index contributed by atoms with van der Waals surface area (Å²) in [5.74, 6) is 0.248. The zero-order valence-corrected chi connectivity index (χ0v) is 10.9. The van der Waals surface area contributed by atoms with Crippen molar-refractivity contribution in [3.05, 3.63) is 24.3 Å². The molecule has 1 heterocycles. The summed E-state index contributed by atoms with van der Waals surface area (Å²) < 4.78 is 0. The SMILES string of the molecule is O=C1CN(C2CCCCCC2=O)c2ccccc2N1. The number of anilines is 2. The smallest absolute Gasteiger partial charge is 0.243 e. The van der Waals surface area contributed by atoms with Gasteiger partial charge in [-0.25, -0.2) is 0 Å². The van der Waals surface area contributed by atoms with Crippen molar-refractivity contribution in [1.29, 1.82) is 0 Å². The number of amides is 1. The summed E-state index contributed by atoms with van der Waals surface area (Å²) in [6.07, 6.45) is 4.67. The molecule has 0 spiro atoms. The summed E-state index contributed by atoms with van der Waals surface area (Å²) in [6, 6.07) is 7.59. The zero-order chi connectivity index (χ0) is 13.2. The van der Waals surface area contributed by atoms with Gasteiger partial charge in [-0.3, -0.25) is 9.59 Å². The van der Waals surface area contributed by atoms with Gasteiger partial charge < -0.3 is 10.2 Å². The lowest BCUT2D eigenvalue weighted by molar-refractivity contribution is -0.120. The van der Waals surface area contributed by atoms with Crippen LogP contribution in [0.3, 0.4) is 0 Å². The predicted octanol–water partition coefficient (Wildman–Crippen LogP) is 2.35. The Labute approximate surface area is 112 Å². The standard InChI is InChI=1S/C15H18N2O2/c18-14-9-3-1-2-8-13(14)17-10-15(19)16-11-6-4-5-7-12(11)17/h4-7,13H,1-3,8-10H2,(H,16,19). The highest BCUT2D eigenvalue weighted by molar-refractivity contribution is 6.03. The highest BCUT2D eigenvalue weighted by atomic mass is 16.2. The van der Waals surface area contributed by atoms with Gasteiger partial charge in [0.2, 0.25) is 5.91 Å². The second kappa shape index (κ2) is 5.03. The molecule has 2 aliphatic rings. The Hall–Kier alpha value is -1.84. The molecular formula is C15H18N2O2. The first-order chi connectivity index (χ1) is 9.25. The van der Waals surface area contributed by atoms with Crippen LogP contribution < -0.4 is 10.2 Å². The van der Waals surface area contributed by atoms with E-state index in [1.165, 1.54) is 0 Å². The van der Waals surface area contributed by atoms with Crippen LogP contribution in [-0.2, 0) is 9.59 Å². The Morgan fingerprint density at radius 3 is 2.84 bits per heavy atom. The Kier molecular flexibility index (Phi) is 3.23. The molecule has 1 amide bonds. The monoisotopic (exact) mass is 258 g/mol. The van der Waals surface area contributed by atoms with Crippen LogP contribution in [0.1, 0.15) is 32.1 Å². The number of nitrogens with zero attached hydrogens (tertiary/aromatic N) is 1. The van der Waals surface area contributed by atoms with E-state index in [1.54, 1.807) is 0 Å². The Morgan fingerprint density at radius 2 is 1.95 bits per heavy atom. The first-order valence-electron chi connectivity index (χ1n) is 6.94. The molecule has 1 saturated carbocycles. The number of hydrogen-bond acceptors (Lipinski definition) is 3. The molecule has 1 fully saturated rings. The fourth-order valence-electron chi connectivity index (χ4n) is 3.01. The molecule has 4 heteroatoms. The van der Waals surface area contributed by atoms with Crippen molar-refractivity contribution in [3.8, 4) is 0 Å². The maximum Gasteiger partial charge on any atom is 0.243 e. The molecule has 1 aliphatic carbocycles. The van der Waals surface area contributed by atoms with Crippen molar-refractivity contribution in [2.75, 3.05) is 16.8 Å². The largest absolute Gasteiger partial charge is 0.350 e. The maximum atomic E-state index is 12.3. The van der Waals surface area contributed by atoms with Gasteiger partial charge in [-0.15, -0.1) is 0 Å². The first kappa shape index (κ1) is 12.2. The molecule has 3 rings (SSSR count). The molecule has 0 saturated heterocycles. The molecule has 4 nitrogen and oxygen atoms in total. The number of Topliss-reactive ketones (excluding diaryl/α,β-unsaturated/α-hetero) is 1. The Balaban J connectivity index is 1.95.